The molecule has 4 aromatic rings. The van der Waals surface area contributed by atoms with Gasteiger partial charge in [0, 0.05) is 68.8 Å². The van der Waals surface area contributed by atoms with Crippen molar-refractivity contribution in [2.45, 2.75) is 65.0 Å². The zero-order valence-corrected chi connectivity index (χ0v) is 24.9. The van der Waals surface area contributed by atoms with Gasteiger partial charge in [-0.1, -0.05) is 36.4 Å². The van der Waals surface area contributed by atoms with Crippen molar-refractivity contribution in [3.8, 4) is 0 Å². The molecule has 2 aromatic heterocycles. The summed E-state index contributed by atoms with van der Waals surface area (Å²) in [7, 11) is 0. The number of benzene rings is 2. The topological polar surface area (TPSA) is 163 Å². The van der Waals surface area contributed by atoms with Gasteiger partial charge in [0.2, 0.25) is 0 Å². The second-order valence-electron chi connectivity index (χ2n) is 10.2. The molecule has 2 N–H and O–H groups in total. The summed E-state index contributed by atoms with van der Waals surface area (Å²) in [4.78, 5) is 68.3. The van der Waals surface area contributed by atoms with Gasteiger partial charge >= 0.3 is 29.8 Å². The zero-order chi connectivity index (χ0) is 32.0. The molecule has 0 radical (unpaired) electrons. The van der Waals surface area contributed by atoms with E-state index >= 15 is 0 Å². The van der Waals surface area contributed by atoms with Crippen LogP contribution in [0.25, 0.3) is 21.8 Å². The molecule has 0 saturated carbocycles. The van der Waals surface area contributed by atoms with Gasteiger partial charge in [0.25, 0.3) is 0 Å². The van der Waals surface area contributed by atoms with E-state index in [1.807, 2.05) is 48.5 Å². The highest BCUT2D eigenvalue weighted by molar-refractivity contribution is 5.88. The normalized spacial score (nSPS) is 14.0. The predicted octanol–water partition coefficient (Wildman–Crippen LogP) is 4.07. The fourth-order valence-electron chi connectivity index (χ4n) is 5.41. The number of esters is 5. The Labute approximate surface area is 252 Å². The van der Waals surface area contributed by atoms with Crippen LogP contribution in [0.4, 0.5) is 0 Å². The van der Waals surface area contributed by atoms with E-state index in [0.29, 0.717) is 11.1 Å². The Morgan fingerprint density at radius 2 is 1.00 bits per heavy atom. The van der Waals surface area contributed by atoms with Gasteiger partial charge in [-0.25, -0.2) is 0 Å². The van der Waals surface area contributed by atoms with Gasteiger partial charge in [-0.05, 0) is 23.3 Å². The Hall–Kier alpha value is -5.13. The number of aromatic amines is 2. The van der Waals surface area contributed by atoms with Gasteiger partial charge < -0.3 is 33.7 Å². The highest BCUT2D eigenvalue weighted by Crippen LogP contribution is 2.41. The SMILES string of the molecule is CC(=O)OC[C@@H](OC(C)=O)[C@@H](OC(C)=O)[C@@H](OC(C)=O)[C@@H](OC(C)=O)C(c1c[nH]c2ccccc12)c1c[nH]c2ccccc12. The molecule has 232 valence electrons. The van der Waals surface area contributed by atoms with E-state index in [9.17, 15) is 24.0 Å². The van der Waals surface area contributed by atoms with Gasteiger partial charge in [0.1, 0.15) is 6.61 Å². The third-order valence-corrected chi connectivity index (χ3v) is 6.93. The molecule has 0 spiro atoms. The van der Waals surface area contributed by atoms with Crippen LogP contribution in [0, 0.1) is 0 Å². The monoisotopic (exact) mass is 606 g/mol. The van der Waals surface area contributed by atoms with Gasteiger partial charge in [-0.3, -0.25) is 24.0 Å². The molecule has 4 atom stereocenters. The first-order valence-corrected chi connectivity index (χ1v) is 13.9. The lowest BCUT2D eigenvalue weighted by Crippen LogP contribution is -2.54. The minimum Gasteiger partial charge on any atom is -0.462 e. The predicted molar refractivity (Wildman–Crippen MR) is 157 cm³/mol. The van der Waals surface area contributed by atoms with Crippen molar-refractivity contribution in [3.05, 3.63) is 72.1 Å². The van der Waals surface area contributed by atoms with Gasteiger partial charge in [0.15, 0.2) is 24.4 Å². The molecule has 0 aliphatic carbocycles. The van der Waals surface area contributed by atoms with Crippen LogP contribution in [-0.4, -0.2) is 70.8 Å². The van der Waals surface area contributed by atoms with Crippen molar-refractivity contribution in [1.29, 1.82) is 0 Å². The van der Waals surface area contributed by atoms with Crippen molar-refractivity contribution in [1.82, 2.24) is 9.97 Å². The molecule has 0 aliphatic heterocycles. The molecule has 2 heterocycles. The number of rotatable bonds is 12. The maximum atomic E-state index is 12.8. The summed E-state index contributed by atoms with van der Waals surface area (Å²) in [5, 5.41) is 1.59. The summed E-state index contributed by atoms with van der Waals surface area (Å²) in [5.74, 6) is -4.64. The first-order chi connectivity index (χ1) is 21.0. The summed E-state index contributed by atoms with van der Waals surface area (Å²) >= 11 is 0. The van der Waals surface area contributed by atoms with Crippen molar-refractivity contribution >= 4 is 51.7 Å². The number of nitrogens with one attached hydrogen (secondary N) is 2. The third-order valence-electron chi connectivity index (χ3n) is 6.93. The summed E-state index contributed by atoms with van der Waals surface area (Å²) in [6.07, 6.45) is -2.37. The van der Waals surface area contributed by atoms with Gasteiger partial charge in [-0.2, -0.15) is 0 Å². The molecule has 0 aliphatic rings. The number of ether oxygens (including phenoxy) is 5. The van der Waals surface area contributed by atoms with E-state index in [1.54, 1.807) is 12.4 Å². The molecule has 0 saturated heterocycles. The van der Waals surface area contributed by atoms with Crippen LogP contribution in [0.15, 0.2) is 60.9 Å². The summed E-state index contributed by atoms with van der Waals surface area (Å²) < 4.78 is 28.0. The molecule has 12 heteroatoms. The summed E-state index contributed by atoms with van der Waals surface area (Å²) in [5.41, 5.74) is 2.95. The zero-order valence-electron chi connectivity index (χ0n) is 24.9. The standard InChI is InChI=1S/C32H34N2O10/c1-17(35)40-16-28(41-18(2)36)30(42-19(3)37)32(44-21(5)39)31(43-20(4)38)29(24-14-33-26-12-8-6-10-22(24)26)25-15-34-27-13-9-7-11-23(25)27/h6-15,28-34H,16H2,1-5H3/t28-,30-,31+,32-/m1/s1. The summed E-state index contributed by atoms with van der Waals surface area (Å²) in [6, 6.07) is 15.0. The van der Waals surface area contributed by atoms with E-state index in [2.05, 4.69) is 9.97 Å². The van der Waals surface area contributed by atoms with E-state index in [1.165, 1.54) is 6.92 Å². The molecule has 0 unspecified atom stereocenters. The van der Waals surface area contributed by atoms with Gasteiger partial charge in [0.05, 0.1) is 5.92 Å². The maximum Gasteiger partial charge on any atom is 0.303 e. The van der Waals surface area contributed by atoms with Crippen LogP contribution in [-0.2, 0) is 47.7 Å². The second kappa shape index (κ2) is 13.9. The largest absolute Gasteiger partial charge is 0.462 e. The fraction of sp³-hybridized carbons (Fsp3) is 0.344. The van der Waals surface area contributed by atoms with Crippen molar-refractivity contribution in [2.24, 2.45) is 0 Å². The lowest BCUT2D eigenvalue weighted by atomic mass is 9.81. The molecule has 12 nitrogen and oxygen atoms in total. The minimum absolute atomic E-state index is 0.539. The molecule has 2 aromatic carbocycles. The molecular formula is C32H34N2O10. The van der Waals surface area contributed by atoms with Crippen LogP contribution >= 0.6 is 0 Å². The second-order valence-corrected chi connectivity index (χ2v) is 10.2. The van der Waals surface area contributed by atoms with Crippen molar-refractivity contribution < 1.29 is 47.7 Å². The number of hydrogen-bond acceptors (Lipinski definition) is 10. The van der Waals surface area contributed by atoms with Crippen LogP contribution in [0.3, 0.4) is 0 Å². The number of aromatic nitrogens is 2. The molecule has 0 bridgehead atoms. The lowest BCUT2D eigenvalue weighted by Gasteiger charge is -2.38. The number of fused-ring (bicyclic) bond motifs is 2. The minimum atomic E-state index is -1.57. The number of H-pyrrole nitrogens is 2. The van der Waals surface area contributed by atoms with E-state index < -0.39 is 66.8 Å². The smallest absolute Gasteiger partial charge is 0.303 e. The van der Waals surface area contributed by atoms with Crippen LogP contribution in [0.1, 0.15) is 51.7 Å². The third kappa shape index (κ3) is 7.44. The molecule has 4 rings (SSSR count). The Morgan fingerprint density at radius 1 is 0.568 bits per heavy atom. The lowest BCUT2D eigenvalue weighted by molar-refractivity contribution is -0.203. The molecular weight excluding hydrogens is 572 g/mol. The van der Waals surface area contributed by atoms with Crippen LogP contribution in [0.5, 0.6) is 0 Å². The van der Waals surface area contributed by atoms with Gasteiger partial charge in [-0.15, -0.1) is 0 Å². The molecule has 0 amide bonds. The Balaban J connectivity index is 2.00. The highest BCUT2D eigenvalue weighted by Gasteiger charge is 2.48. The first-order valence-electron chi connectivity index (χ1n) is 13.9. The van der Waals surface area contributed by atoms with Crippen molar-refractivity contribution in [2.75, 3.05) is 6.61 Å². The van der Waals surface area contributed by atoms with Crippen LogP contribution in [0.2, 0.25) is 0 Å². The van der Waals surface area contributed by atoms with E-state index in [4.69, 9.17) is 23.7 Å². The van der Waals surface area contributed by atoms with E-state index in [0.717, 1.165) is 49.5 Å². The maximum absolute atomic E-state index is 12.8. The average Bonchev–Trinajstić information content (AvgIpc) is 3.57. The molecule has 0 fully saturated rings. The van der Waals surface area contributed by atoms with E-state index in [-0.39, 0.29) is 0 Å². The van der Waals surface area contributed by atoms with Crippen molar-refractivity contribution in [3.63, 3.8) is 0 Å². The highest BCUT2D eigenvalue weighted by atomic mass is 16.6. The van der Waals surface area contributed by atoms with Crippen LogP contribution < -0.4 is 0 Å². The Kier molecular flexibility index (Phi) is 10.0. The number of carbonyl (C=O) groups is 5. The fourth-order valence-corrected chi connectivity index (χ4v) is 5.41. The molecule has 44 heavy (non-hydrogen) atoms. The Bertz CT molecular complexity index is 1600. The number of para-hydroxylation sites is 2. The number of carbonyl (C=O) groups excluding carboxylic acids is 5. The quantitative estimate of drug-likeness (QED) is 0.178. The number of hydrogen-bond donors (Lipinski definition) is 2. The average molecular weight is 607 g/mol. The summed E-state index contributed by atoms with van der Waals surface area (Å²) in [6.45, 7) is 5.19. The first kappa shape index (κ1) is 31.8. The Morgan fingerprint density at radius 3 is 1.45 bits per heavy atom.